The van der Waals surface area contributed by atoms with Crippen molar-refractivity contribution < 1.29 is 5.11 Å². The highest BCUT2D eigenvalue weighted by molar-refractivity contribution is 5.47. The van der Waals surface area contributed by atoms with Crippen molar-refractivity contribution in [3.8, 4) is 0 Å². The van der Waals surface area contributed by atoms with E-state index in [1.54, 1.807) is 0 Å². The minimum Gasteiger partial charge on any atom is -0.396 e. The lowest BCUT2D eigenvalue weighted by Gasteiger charge is -2.33. The Hall–Kier alpha value is -1.13. The molecule has 2 N–H and O–H groups in total. The molecular weight excluding hydrogens is 262 g/mol. The van der Waals surface area contributed by atoms with Gasteiger partial charge in [0.1, 0.15) is 5.82 Å². The van der Waals surface area contributed by atoms with Gasteiger partial charge in [0.25, 0.3) is 0 Å². The number of aliphatic hydroxyl groups excluding tert-OH is 1. The molecule has 4 heteroatoms. The van der Waals surface area contributed by atoms with Crippen LogP contribution in [-0.4, -0.2) is 36.3 Å². The van der Waals surface area contributed by atoms with Gasteiger partial charge in [-0.2, -0.15) is 0 Å². The minimum atomic E-state index is 0.284. The summed E-state index contributed by atoms with van der Waals surface area (Å²) in [5.41, 5.74) is 2.48. The molecule has 1 unspecified atom stereocenters. The molecule has 1 fully saturated rings. The third-order valence-corrected chi connectivity index (χ3v) is 4.07. The van der Waals surface area contributed by atoms with E-state index in [2.05, 4.69) is 42.0 Å². The van der Waals surface area contributed by atoms with Crippen molar-refractivity contribution in [1.82, 2.24) is 10.3 Å². The van der Waals surface area contributed by atoms with Crippen LogP contribution in [0.15, 0.2) is 12.3 Å². The average molecular weight is 291 g/mol. The number of piperidine rings is 1. The lowest BCUT2D eigenvalue weighted by Crippen LogP contribution is -2.37. The van der Waals surface area contributed by atoms with Gasteiger partial charge >= 0.3 is 0 Å². The van der Waals surface area contributed by atoms with Gasteiger partial charge in [-0.15, -0.1) is 0 Å². The summed E-state index contributed by atoms with van der Waals surface area (Å²) in [6.07, 6.45) is 4.26. The fourth-order valence-electron chi connectivity index (χ4n) is 2.97. The molecule has 2 rings (SSSR count). The smallest absolute Gasteiger partial charge is 0.131 e. The molecule has 21 heavy (non-hydrogen) atoms. The van der Waals surface area contributed by atoms with Gasteiger partial charge < -0.3 is 15.3 Å². The predicted octanol–water partition coefficient (Wildman–Crippen LogP) is 2.34. The van der Waals surface area contributed by atoms with Crippen LogP contribution in [-0.2, 0) is 6.54 Å². The van der Waals surface area contributed by atoms with E-state index in [1.165, 1.54) is 11.1 Å². The van der Waals surface area contributed by atoms with Crippen molar-refractivity contribution >= 4 is 5.82 Å². The Morgan fingerprint density at radius 2 is 2.29 bits per heavy atom. The zero-order valence-corrected chi connectivity index (χ0v) is 13.6. The molecular formula is C17H29N3O. The van der Waals surface area contributed by atoms with Crippen molar-refractivity contribution in [1.29, 1.82) is 0 Å². The van der Waals surface area contributed by atoms with E-state index < -0.39 is 0 Å². The number of pyridine rings is 1. The van der Waals surface area contributed by atoms with Crippen LogP contribution >= 0.6 is 0 Å². The zero-order chi connectivity index (χ0) is 15.2. The number of rotatable bonds is 6. The number of nitrogens with zero attached hydrogens (tertiary/aromatic N) is 2. The summed E-state index contributed by atoms with van der Waals surface area (Å²) < 4.78 is 0. The molecule has 0 aromatic carbocycles. The number of aliphatic hydroxyl groups is 1. The Kier molecular flexibility index (Phi) is 6.00. The Balaban J connectivity index is 1.98. The molecule has 1 aromatic heterocycles. The molecule has 118 valence electrons. The maximum Gasteiger partial charge on any atom is 0.131 e. The summed E-state index contributed by atoms with van der Waals surface area (Å²) in [6, 6.07) is 2.23. The summed E-state index contributed by atoms with van der Waals surface area (Å²) in [4.78, 5) is 7.00. The summed E-state index contributed by atoms with van der Waals surface area (Å²) in [7, 11) is 0. The maximum absolute atomic E-state index is 9.36. The maximum atomic E-state index is 9.36. The SMILES string of the molecule is Cc1cc(CNCC(C)C)cnc1N1CCCC(CO)C1. The van der Waals surface area contributed by atoms with Gasteiger partial charge in [0.05, 0.1) is 0 Å². The largest absolute Gasteiger partial charge is 0.396 e. The van der Waals surface area contributed by atoms with Crippen molar-refractivity contribution in [2.45, 2.75) is 40.2 Å². The molecule has 0 radical (unpaired) electrons. The molecule has 1 atom stereocenters. The molecule has 4 nitrogen and oxygen atoms in total. The van der Waals surface area contributed by atoms with E-state index in [0.29, 0.717) is 11.8 Å². The normalized spacial score (nSPS) is 19.3. The first-order chi connectivity index (χ1) is 10.1. The highest BCUT2D eigenvalue weighted by Crippen LogP contribution is 2.24. The fraction of sp³-hybridized carbons (Fsp3) is 0.706. The van der Waals surface area contributed by atoms with Crippen LogP contribution in [0.3, 0.4) is 0 Å². The second kappa shape index (κ2) is 7.76. The fourth-order valence-corrected chi connectivity index (χ4v) is 2.97. The molecule has 0 spiro atoms. The van der Waals surface area contributed by atoms with E-state index in [9.17, 15) is 5.11 Å². The Morgan fingerprint density at radius 3 is 2.95 bits per heavy atom. The number of hydrogen-bond acceptors (Lipinski definition) is 4. The van der Waals surface area contributed by atoms with Crippen molar-refractivity contribution in [2.24, 2.45) is 11.8 Å². The van der Waals surface area contributed by atoms with Crippen LogP contribution in [0.1, 0.15) is 37.8 Å². The quantitative estimate of drug-likeness (QED) is 0.844. The van der Waals surface area contributed by atoms with Gasteiger partial charge in [0.2, 0.25) is 0 Å². The molecule has 1 saturated heterocycles. The van der Waals surface area contributed by atoms with Crippen molar-refractivity contribution in [2.75, 3.05) is 31.1 Å². The van der Waals surface area contributed by atoms with E-state index in [0.717, 1.165) is 44.8 Å². The molecule has 1 aliphatic rings. The molecule has 0 saturated carbocycles. The third kappa shape index (κ3) is 4.68. The van der Waals surface area contributed by atoms with Crippen LogP contribution in [0.25, 0.3) is 0 Å². The lowest BCUT2D eigenvalue weighted by atomic mass is 9.98. The van der Waals surface area contributed by atoms with Crippen LogP contribution in [0.4, 0.5) is 5.82 Å². The molecule has 0 bridgehead atoms. The van der Waals surface area contributed by atoms with Gasteiger partial charge in [-0.25, -0.2) is 4.98 Å². The topological polar surface area (TPSA) is 48.4 Å². The zero-order valence-electron chi connectivity index (χ0n) is 13.6. The Bertz CT molecular complexity index is 448. The van der Waals surface area contributed by atoms with Gasteiger partial charge in [-0.1, -0.05) is 13.8 Å². The van der Waals surface area contributed by atoms with Gasteiger partial charge in [0.15, 0.2) is 0 Å². The number of aromatic nitrogens is 1. The molecule has 0 aliphatic carbocycles. The average Bonchev–Trinajstić information content (AvgIpc) is 2.47. The summed E-state index contributed by atoms with van der Waals surface area (Å²) in [5, 5.41) is 12.8. The molecule has 2 heterocycles. The predicted molar refractivity (Wildman–Crippen MR) is 87.5 cm³/mol. The third-order valence-electron chi connectivity index (χ3n) is 4.07. The van der Waals surface area contributed by atoms with Crippen LogP contribution in [0.2, 0.25) is 0 Å². The number of hydrogen-bond donors (Lipinski definition) is 2. The lowest BCUT2D eigenvalue weighted by molar-refractivity contribution is 0.208. The first-order valence-electron chi connectivity index (χ1n) is 8.12. The summed E-state index contributed by atoms with van der Waals surface area (Å²) in [5.74, 6) is 2.15. The van der Waals surface area contributed by atoms with Crippen molar-refractivity contribution in [3.05, 3.63) is 23.4 Å². The first-order valence-corrected chi connectivity index (χ1v) is 8.12. The van der Waals surface area contributed by atoms with E-state index >= 15 is 0 Å². The van der Waals surface area contributed by atoms with Gasteiger partial charge in [-0.3, -0.25) is 0 Å². The van der Waals surface area contributed by atoms with Crippen molar-refractivity contribution in [3.63, 3.8) is 0 Å². The van der Waals surface area contributed by atoms with Gasteiger partial charge in [0, 0.05) is 32.4 Å². The number of aryl methyl sites for hydroxylation is 1. The molecule has 1 aliphatic heterocycles. The van der Waals surface area contributed by atoms with Crippen LogP contribution in [0, 0.1) is 18.8 Å². The summed E-state index contributed by atoms with van der Waals surface area (Å²) >= 11 is 0. The Labute approximate surface area is 128 Å². The first kappa shape index (κ1) is 16.2. The molecule has 1 aromatic rings. The minimum absolute atomic E-state index is 0.284. The standard InChI is InChI=1S/C17H29N3O/c1-13(2)8-18-9-16-7-14(3)17(19-10-16)20-6-4-5-15(11-20)12-21/h7,10,13,15,18,21H,4-6,8-9,11-12H2,1-3H3. The second-order valence-corrected chi connectivity index (χ2v) is 6.65. The highest BCUT2D eigenvalue weighted by Gasteiger charge is 2.21. The number of anilines is 1. The van der Waals surface area contributed by atoms with E-state index in [1.807, 2.05) is 6.20 Å². The van der Waals surface area contributed by atoms with E-state index in [-0.39, 0.29) is 6.61 Å². The monoisotopic (exact) mass is 291 g/mol. The molecule has 0 amide bonds. The highest BCUT2D eigenvalue weighted by atomic mass is 16.3. The van der Waals surface area contributed by atoms with E-state index in [4.69, 9.17) is 0 Å². The van der Waals surface area contributed by atoms with Crippen LogP contribution in [0.5, 0.6) is 0 Å². The Morgan fingerprint density at radius 1 is 1.48 bits per heavy atom. The van der Waals surface area contributed by atoms with Gasteiger partial charge in [-0.05, 0) is 55.3 Å². The van der Waals surface area contributed by atoms with Crippen LogP contribution < -0.4 is 10.2 Å². The number of nitrogens with one attached hydrogen (secondary N) is 1. The summed E-state index contributed by atoms with van der Waals surface area (Å²) in [6.45, 7) is 10.7. The second-order valence-electron chi connectivity index (χ2n) is 6.65.